The zero-order chi connectivity index (χ0) is 21.1. The minimum atomic E-state index is -2.45. The van der Waals surface area contributed by atoms with E-state index in [2.05, 4.69) is 95.3 Å². The quantitative estimate of drug-likeness (QED) is 0.588. The molecule has 1 saturated carbocycles. The van der Waals surface area contributed by atoms with Crippen molar-refractivity contribution in [3.05, 3.63) is 60.7 Å². The Morgan fingerprint density at radius 2 is 1.52 bits per heavy atom. The van der Waals surface area contributed by atoms with Crippen molar-refractivity contribution < 1.29 is 9.22 Å². The highest BCUT2D eigenvalue weighted by Crippen LogP contribution is 2.38. The van der Waals surface area contributed by atoms with E-state index < -0.39 is 8.32 Å². The summed E-state index contributed by atoms with van der Waals surface area (Å²) in [6.45, 7) is 12.1. The van der Waals surface area contributed by atoms with Crippen LogP contribution in [0.15, 0.2) is 60.7 Å². The standard InChI is InChI=1S/C26H36O2Si/c1-20(24-16-17-25(27)21(24)2)18-19-28-29(26(3,4)5,22-12-8-6-9-13-22)23-14-10-7-11-15-23/h6-15,20-21,24H,16-19H2,1-5H3/t20-,21-,24-/m1/s1. The Hall–Kier alpha value is -1.71. The predicted octanol–water partition coefficient (Wildman–Crippen LogP) is 5.20. The molecule has 2 nitrogen and oxygen atoms in total. The first-order valence-electron chi connectivity index (χ1n) is 11.0. The number of Topliss-reactive ketones (excluding diaryl/α,β-unsaturated/α-hetero) is 1. The van der Waals surface area contributed by atoms with Gasteiger partial charge in [-0.3, -0.25) is 4.79 Å². The normalized spacial score (nSPS) is 21.3. The van der Waals surface area contributed by atoms with E-state index in [4.69, 9.17) is 4.43 Å². The van der Waals surface area contributed by atoms with Crippen LogP contribution in [0.4, 0.5) is 0 Å². The molecule has 0 saturated heterocycles. The van der Waals surface area contributed by atoms with Gasteiger partial charge in [0.2, 0.25) is 0 Å². The van der Waals surface area contributed by atoms with Crippen LogP contribution in [-0.2, 0) is 9.22 Å². The lowest BCUT2D eigenvalue weighted by molar-refractivity contribution is -0.121. The second-order valence-electron chi connectivity index (χ2n) is 9.74. The van der Waals surface area contributed by atoms with E-state index in [1.165, 1.54) is 10.4 Å². The average molecular weight is 409 g/mol. The number of carbonyl (C=O) groups excluding carboxylic acids is 1. The predicted molar refractivity (Wildman–Crippen MR) is 124 cm³/mol. The van der Waals surface area contributed by atoms with Crippen molar-refractivity contribution in [2.45, 2.75) is 58.9 Å². The lowest BCUT2D eigenvalue weighted by Gasteiger charge is -2.43. The molecule has 3 atom stereocenters. The van der Waals surface area contributed by atoms with Crippen LogP contribution in [-0.4, -0.2) is 20.7 Å². The largest absolute Gasteiger partial charge is 0.407 e. The maximum absolute atomic E-state index is 12.0. The third kappa shape index (κ3) is 4.41. The highest BCUT2D eigenvalue weighted by atomic mass is 28.4. The molecule has 0 unspecified atom stereocenters. The number of benzene rings is 2. The Balaban J connectivity index is 1.87. The van der Waals surface area contributed by atoms with Gasteiger partial charge in [0, 0.05) is 18.9 Å². The molecular formula is C26H36O2Si. The van der Waals surface area contributed by atoms with Crippen molar-refractivity contribution in [3.63, 3.8) is 0 Å². The number of carbonyl (C=O) groups is 1. The van der Waals surface area contributed by atoms with Crippen LogP contribution in [0.2, 0.25) is 5.04 Å². The summed E-state index contributed by atoms with van der Waals surface area (Å²) in [6, 6.07) is 21.6. The summed E-state index contributed by atoms with van der Waals surface area (Å²) in [6.07, 6.45) is 2.80. The van der Waals surface area contributed by atoms with E-state index in [1.54, 1.807) is 0 Å². The van der Waals surface area contributed by atoms with Crippen molar-refractivity contribution in [1.82, 2.24) is 0 Å². The molecule has 2 aromatic carbocycles. The third-order valence-corrected chi connectivity index (χ3v) is 12.0. The van der Waals surface area contributed by atoms with Gasteiger partial charge < -0.3 is 4.43 Å². The average Bonchev–Trinajstić information content (AvgIpc) is 3.04. The molecule has 0 spiro atoms. The Bertz CT molecular complexity index is 755. The first-order valence-corrected chi connectivity index (χ1v) is 13.0. The molecule has 0 heterocycles. The van der Waals surface area contributed by atoms with Crippen LogP contribution in [0.5, 0.6) is 0 Å². The SMILES string of the molecule is C[C@H](CCO[Si](c1ccccc1)(c1ccccc1)C(C)(C)C)[C@H]1CCC(=O)[C@@H]1C. The van der Waals surface area contributed by atoms with Crippen molar-refractivity contribution in [1.29, 1.82) is 0 Å². The molecule has 1 aliphatic carbocycles. The summed E-state index contributed by atoms with van der Waals surface area (Å²) in [5, 5.41) is 2.67. The molecule has 1 aliphatic rings. The summed E-state index contributed by atoms with van der Waals surface area (Å²) in [7, 11) is -2.45. The Kier molecular flexibility index (Phi) is 6.80. The molecule has 1 fully saturated rings. The summed E-state index contributed by atoms with van der Waals surface area (Å²) in [5.41, 5.74) is 0. The molecule has 0 radical (unpaired) electrons. The lowest BCUT2D eigenvalue weighted by Crippen LogP contribution is -2.66. The topological polar surface area (TPSA) is 26.3 Å². The molecule has 0 aromatic heterocycles. The molecule has 156 valence electrons. The van der Waals surface area contributed by atoms with Crippen molar-refractivity contribution in [2.24, 2.45) is 17.8 Å². The molecule has 3 heteroatoms. The molecule has 0 amide bonds. The second-order valence-corrected chi connectivity index (χ2v) is 14.0. The fourth-order valence-electron chi connectivity index (χ4n) is 5.18. The van der Waals surface area contributed by atoms with E-state index in [9.17, 15) is 4.79 Å². The van der Waals surface area contributed by atoms with Gasteiger partial charge in [-0.1, -0.05) is 95.3 Å². The summed E-state index contributed by atoms with van der Waals surface area (Å²) < 4.78 is 7.01. The molecule has 0 bridgehead atoms. The lowest BCUT2D eigenvalue weighted by atomic mass is 9.84. The number of ketones is 1. The van der Waals surface area contributed by atoms with E-state index in [-0.39, 0.29) is 11.0 Å². The van der Waals surface area contributed by atoms with Crippen LogP contribution >= 0.6 is 0 Å². The number of rotatable bonds is 7. The Morgan fingerprint density at radius 3 is 1.93 bits per heavy atom. The van der Waals surface area contributed by atoms with Gasteiger partial charge >= 0.3 is 0 Å². The van der Waals surface area contributed by atoms with Gasteiger partial charge in [-0.2, -0.15) is 0 Å². The molecule has 3 rings (SSSR count). The summed E-state index contributed by atoms with van der Waals surface area (Å²) >= 11 is 0. The van der Waals surface area contributed by atoms with E-state index in [0.29, 0.717) is 17.6 Å². The van der Waals surface area contributed by atoms with E-state index in [1.807, 2.05) is 0 Å². The van der Waals surface area contributed by atoms with E-state index >= 15 is 0 Å². The second kappa shape index (κ2) is 8.97. The van der Waals surface area contributed by atoms with Crippen LogP contribution in [0.3, 0.4) is 0 Å². The van der Waals surface area contributed by atoms with Crippen LogP contribution < -0.4 is 10.4 Å². The minimum absolute atomic E-state index is 0.00948. The first-order chi connectivity index (χ1) is 13.8. The highest BCUT2D eigenvalue weighted by molar-refractivity contribution is 6.99. The smallest absolute Gasteiger partial charge is 0.261 e. The molecule has 0 aliphatic heterocycles. The monoisotopic (exact) mass is 408 g/mol. The Morgan fingerprint density at radius 1 is 1.00 bits per heavy atom. The van der Waals surface area contributed by atoms with Gasteiger partial charge in [0.15, 0.2) is 0 Å². The summed E-state index contributed by atoms with van der Waals surface area (Å²) in [5.74, 6) is 1.66. The Labute approximate surface area is 177 Å². The molecular weight excluding hydrogens is 372 g/mol. The van der Waals surface area contributed by atoms with Gasteiger partial charge in [-0.05, 0) is 40.1 Å². The zero-order valence-electron chi connectivity index (χ0n) is 18.7. The van der Waals surface area contributed by atoms with Gasteiger partial charge in [0.1, 0.15) is 5.78 Å². The number of hydrogen-bond donors (Lipinski definition) is 0. The number of hydrogen-bond acceptors (Lipinski definition) is 2. The minimum Gasteiger partial charge on any atom is -0.407 e. The van der Waals surface area contributed by atoms with Gasteiger partial charge in [0.05, 0.1) is 0 Å². The van der Waals surface area contributed by atoms with Crippen molar-refractivity contribution in [2.75, 3.05) is 6.61 Å². The van der Waals surface area contributed by atoms with Crippen molar-refractivity contribution >= 4 is 24.5 Å². The zero-order valence-corrected chi connectivity index (χ0v) is 19.7. The fraction of sp³-hybridized carbons (Fsp3) is 0.500. The highest BCUT2D eigenvalue weighted by Gasteiger charge is 2.50. The van der Waals surface area contributed by atoms with Crippen LogP contribution in [0.25, 0.3) is 0 Å². The van der Waals surface area contributed by atoms with Gasteiger partial charge in [-0.15, -0.1) is 0 Å². The van der Waals surface area contributed by atoms with E-state index in [0.717, 1.165) is 25.9 Å². The molecule has 0 N–H and O–H groups in total. The fourth-order valence-corrected chi connectivity index (χ4v) is 9.76. The van der Waals surface area contributed by atoms with Gasteiger partial charge in [0.25, 0.3) is 8.32 Å². The maximum atomic E-state index is 12.0. The third-order valence-electron chi connectivity index (χ3n) is 6.91. The molecule has 29 heavy (non-hydrogen) atoms. The van der Waals surface area contributed by atoms with Gasteiger partial charge in [-0.25, -0.2) is 0 Å². The maximum Gasteiger partial charge on any atom is 0.261 e. The first kappa shape index (κ1) is 22.0. The summed E-state index contributed by atoms with van der Waals surface area (Å²) in [4.78, 5) is 12.0. The molecule has 2 aromatic rings. The van der Waals surface area contributed by atoms with Crippen LogP contribution in [0, 0.1) is 17.8 Å². The van der Waals surface area contributed by atoms with Crippen molar-refractivity contribution in [3.8, 4) is 0 Å². The van der Waals surface area contributed by atoms with Crippen LogP contribution in [0.1, 0.15) is 53.9 Å².